The molecule has 0 fully saturated rings. The molecule has 0 aliphatic rings. The topological polar surface area (TPSA) is 76.7 Å². The van der Waals surface area contributed by atoms with E-state index in [2.05, 4.69) is 59.7 Å². The molecule has 34 heavy (non-hydrogen) atoms. The summed E-state index contributed by atoms with van der Waals surface area (Å²) in [7, 11) is 0. The molecule has 0 aromatic heterocycles. The minimum atomic E-state index is -0.471. The van der Waals surface area contributed by atoms with Crippen molar-refractivity contribution >= 4 is 27.7 Å². The third-order valence-electron chi connectivity index (χ3n) is 5.09. The van der Waals surface area contributed by atoms with E-state index in [1.54, 1.807) is 24.3 Å². The standard InChI is InChI=1S/C27H29BrN2O4/c1-27(2,3)21-11-14-24(23(28)17-21)34-18-25(31)29-30-26(32)20-9-12-22(13-10-20)33-16-15-19-7-5-4-6-8-19/h4-14,17H,15-16,18H2,1-3H3,(H,29,31)(H,30,32). The molecule has 2 N–H and O–H groups in total. The fraction of sp³-hybridized carbons (Fsp3) is 0.259. The van der Waals surface area contributed by atoms with E-state index < -0.39 is 11.8 Å². The Hall–Kier alpha value is -3.32. The van der Waals surface area contributed by atoms with Crippen LogP contribution >= 0.6 is 15.9 Å². The molecule has 3 aromatic carbocycles. The summed E-state index contributed by atoms with van der Waals surface area (Å²) in [5.74, 6) is 0.325. The van der Waals surface area contributed by atoms with Gasteiger partial charge in [0.05, 0.1) is 11.1 Å². The second-order valence-electron chi connectivity index (χ2n) is 8.79. The van der Waals surface area contributed by atoms with Gasteiger partial charge in [0.15, 0.2) is 6.61 Å². The molecule has 0 spiro atoms. The molecule has 0 bridgehead atoms. The molecule has 6 nitrogen and oxygen atoms in total. The van der Waals surface area contributed by atoms with E-state index in [1.807, 2.05) is 36.4 Å². The van der Waals surface area contributed by atoms with Crippen molar-refractivity contribution in [1.82, 2.24) is 10.9 Å². The van der Waals surface area contributed by atoms with Crippen molar-refractivity contribution in [2.75, 3.05) is 13.2 Å². The van der Waals surface area contributed by atoms with Gasteiger partial charge < -0.3 is 9.47 Å². The van der Waals surface area contributed by atoms with Gasteiger partial charge in [0.2, 0.25) is 0 Å². The molecular weight excluding hydrogens is 496 g/mol. The summed E-state index contributed by atoms with van der Waals surface area (Å²) < 4.78 is 12.1. The molecule has 0 atom stereocenters. The molecular formula is C27H29BrN2O4. The highest BCUT2D eigenvalue weighted by Gasteiger charge is 2.16. The van der Waals surface area contributed by atoms with Gasteiger partial charge >= 0.3 is 0 Å². The molecule has 0 aliphatic heterocycles. The highest BCUT2D eigenvalue weighted by molar-refractivity contribution is 9.10. The zero-order chi connectivity index (χ0) is 24.6. The van der Waals surface area contributed by atoms with E-state index >= 15 is 0 Å². The van der Waals surface area contributed by atoms with Crippen molar-refractivity contribution in [3.8, 4) is 11.5 Å². The van der Waals surface area contributed by atoms with Crippen molar-refractivity contribution in [3.05, 3.63) is 94.0 Å². The monoisotopic (exact) mass is 524 g/mol. The molecule has 0 heterocycles. The number of carbonyl (C=O) groups excluding carboxylic acids is 2. The quantitative estimate of drug-likeness (QED) is 0.396. The third-order valence-corrected chi connectivity index (χ3v) is 5.71. The van der Waals surface area contributed by atoms with Gasteiger partial charge in [0, 0.05) is 12.0 Å². The van der Waals surface area contributed by atoms with Crippen molar-refractivity contribution in [2.45, 2.75) is 32.6 Å². The molecule has 2 amide bonds. The van der Waals surface area contributed by atoms with Gasteiger partial charge in [0.1, 0.15) is 11.5 Å². The number of amides is 2. The number of nitrogens with one attached hydrogen (secondary N) is 2. The summed E-state index contributed by atoms with van der Waals surface area (Å²) >= 11 is 3.48. The maximum Gasteiger partial charge on any atom is 0.276 e. The molecule has 3 rings (SSSR count). The summed E-state index contributed by atoms with van der Waals surface area (Å²) in [6.45, 7) is 6.68. The van der Waals surface area contributed by atoms with E-state index in [9.17, 15) is 9.59 Å². The van der Waals surface area contributed by atoms with Gasteiger partial charge in [0.25, 0.3) is 11.8 Å². The summed E-state index contributed by atoms with van der Waals surface area (Å²) in [5.41, 5.74) is 7.51. The van der Waals surface area contributed by atoms with Gasteiger partial charge in [-0.2, -0.15) is 0 Å². The van der Waals surface area contributed by atoms with E-state index in [0.29, 0.717) is 23.7 Å². The molecule has 3 aromatic rings. The molecule has 0 unspecified atom stereocenters. The largest absolute Gasteiger partial charge is 0.493 e. The van der Waals surface area contributed by atoms with Crippen LogP contribution in [-0.2, 0) is 16.6 Å². The smallest absolute Gasteiger partial charge is 0.276 e. The van der Waals surface area contributed by atoms with Crippen LogP contribution in [0.2, 0.25) is 0 Å². The Bertz CT molecular complexity index is 1110. The number of halogens is 1. The van der Waals surface area contributed by atoms with E-state index in [1.165, 1.54) is 5.56 Å². The van der Waals surface area contributed by atoms with Crippen LogP contribution in [0.1, 0.15) is 42.3 Å². The number of hydrazine groups is 1. The number of hydrogen-bond acceptors (Lipinski definition) is 4. The van der Waals surface area contributed by atoms with Crippen LogP contribution < -0.4 is 20.3 Å². The maximum atomic E-state index is 12.3. The first-order valence-corrected chi connectivity index (χ1v) is 11.8. The average Bonchev–Trinajstić information content (AvgIpc) is 2.82. The highest BCUT2D eigenvalue weighted by atomic mass is 79.9. The zero-order valence-corrected chi connectivity index (χ0v) is 21.1. The van der Waals surface area contributed by atoms with Crippen LogP contribution in [-0.4, -0.2) is 25.0 Å². The Morgan fingerprint density at radius 3 is 2.24 bits per heavy atom. The molecule has 0 aliphatic carbocycles. The van der Waals surface area contributed by atoms with Crippen molar-refractivity contribution < 1.29 is 19.1 Å². The fourth-order valence-corrected chi connectivity index (χ4v) is 3.59. The fourth-order valence-electron chi connectivity index (χ4n) is 3.10. The predicted octanol–water partition coefficient (Wildman–Crippen LogP) is 5.21. The first-order chi connectivity index (χ1) is 16.2. The van der Waals surface area contributed by atoms with Crippen LogP contribution in [0.4, 0.5) is 0 Å². The van der Waals surface area contributed by atoms with Crippen LogP contribution in [0.5, 0.6) is 11.5 Å². The van der Waals surface area contributed by atoms with Gasteiger partial charge in [-0.05, 0) is 68.9 Å². The zero-order valence-electron chi connectivity index (χ0n) is 19.6. The SMILES string of the molecule is CC(C)(C)c1ccc(OCC(=O)NNC(=O)c2ccc(OCCc3ccccc3)cc2)c(Br)c1. The van der Waals surface area contributed by atoms with Crippen molar-refractivity contribution in [1.29, 1.82) is 0 Å². The minimum Gasteiger partial charge on any atom is -0.493 e. The number of ether oxygens (including phenoxy) is 2. The second-order valence-corrected chi connectivity index (χ2v) is 9.65. The summed E-state index contributed by atoms with van der Waals surface area (Å²) in [5, 5.41) is 0. The van der Waals surface area contributed by atoms with E-state index in [0.717, 1.165) is 16.5 Å². The normalized spacial score (nSPS) is 10.9. The number of carbonyl (C=O) groups is 2. The van der Waals surface area contributed by atoms with Gasteiger partial charge in [-0.3, -0.25) is 20.4 Å². The van der Waals surface area contributed by atoms with Crippen LogP contribution in [0.3, 0.4) is 0 Å². The predicted molar refractivity (Wildman–Crippen MR) is 136 cm³/mol. The Morgan fingerprint density at radius 2 is 1.59 bits per heavy atom. The Kier molecular flexibility index (Phi) is 8.71. The summed E-state index contributed by atoms with van der Waals surface area (Å²) in [6, 6.07) is 22.6. The van der Waals surface area contributed by atoms with Gasteiger partial charge in [-0.15, -0.1) is 0 Å². The first-order valence-electron chi connectivity index (χ1n) is 11.0. The number of hydrogen-bond donors (Lipinski definition) is 2. The van der Waals surface area contributed by atoms with Crippen LogP contribution in [0, 0.1) is 0 Å². The molecule has 0 saturated heterocycles. The summed E-state index contributed by atoms with van der Waals surface area (Å²) in [4.78, 5) is 24.4. The van der Waals surface area contributed by atoms with E-state index in [4.69, 9.17) is 9.47 Å². The lowest BCUT2D eigenvalue weighted by Gasteiger charge is -2.20. The lowest BCUT2D eigenvalue weighted by molar-refractivity contribution is -0.123. The Morgan fingerprint density at radius 1 is 0.882 bits per heavy atom. The van der Waals surface area contributed by atoms with Crippen molar-refractivity contribution in [2.24, 2.45) is 0 Å². The van der Waals surface area contributed by atoms with Crippen LogP contribution in [0.25, 0.3) is 0 Å². The lowest BCUT2D eigenvalue weighted by Crippen LogP contribution is -2.43. The minimum absolute atomic E-state index is 0.00912. The maximum absolute atomic E-state index is 12.3. The second kappa shape index (κ2) is 11.7. The van der Waals surface area contributed by atoms with E-state index in [-0.39, 0.29) is 12.0 Å². The molecule has 7 heteroatoms. The Balaban J connectivity index is 1.41. The lowest BCUT2D eigenvalue weighted by atomic mass is 9.87. The number of rotatable bonds is 8. The molecule has 0 radical (unpaired) electrons. The van der Waals surface area contributed by atoms with Crippen molar-refractivity contribution in [3.63, 3.8) is 0 Å². The third kappa shape index (κ3) is 7.63. The van der Waals surface area contributed by atoms with Crippen LogP contribution in [0.15, 0.2) is 77.3 Å². The molecule has 0 saturated carbocycles. The molecule has 178 valence electrons. The van der Waals surface area contributed by atoms with Gasteiger partial charge in [-0.1, -0.05) is 57.2 Å². The first kappa shape index (κ1) is 25.3. The summed E-state index contributed by atoms with van der Waals surface area (Å²) in [6.07, 6.45) is 0.800. The van der Waals surface area contributed by atoms with Gasteiger partial charge in [-0.25, -0.2) is 0 Å². The highest BCUT2D eigenvalue weighted by Crippen LogP contribution is 2.31. The number of benzene rings is 3. The average molecular weight is 525 g/mol. The Labute approximate surface area is 208 Å².